The van der Waals surface area contributed by atoms with E-state index < -0.39 is 0 Å². The number of rotatable bonds is 5. The molecular formula is C15H27N5. The summed E-state index contributed by atoms with van der Waals surface area (Å²) < 4.78 is 0. The topological polar surface area (TPSA) is 75.9 Å². The van der Waals surface area contributed by atoms with Gasteiger partial charge in [-0.05, 0) is 30.6 Å². The van der Waals surface area contributed by atoms with Crippen molar-refractivity contribution in [1.82, 2.24) is 9.97 Å². The van der Waals surface area contributed by atoms with Crippen LogP contribution in [-0.2, 0) is 0 Å². The van der Waals surface area contributed by atoms with Gasteiger partial charge in [0, 0.05) is 11.6 Å². The van der Waals surface area contributed by atoms with Gasteiger partial charge in [0.05, 0.1) is 0 Å². The van der Waals surface area contributed by atoms with E-state index in [-0.39, 0.29) is 0 Å². The van der Waals surface area contributed by atoms with Crippen LogP contribution in [0, 0.1) is 11.8 Å². The molecule has 1 saturated carbocycles. The van der Waals surface area contributed by atoms with Crippen molar-refractivity contribution in [2.45, 2.75) is 58.9 Å². The van der Waals surface area contributed by atoms with Crippen molar-refractivity contribution < 1.29 is 0 Å². The number of hydrogen-bond donors (Lipinski definition) is 3. The average Bonchev–Trinajstić information content (AvgIpc) is 2.79. The maximum absolute atomic E-state index is 5.57. The van der Waals surface area contributed by atoms with Crippen LogP contribution < -0.4 is 16.6 Å². The van der Waals surface area contributed by atoms with Crippen molar-refractivity contribution >= 4 is 11.6 Å². The molecule has 1 aliphatic rings. The summed E-state index contributed by atoms with van der Waals surface area (Å²) in [6, 6.07) is 0.498. The first kappa shape index (κ1) is 15.0. The Bertz CT molecular complexity index is 446. The molecule has 3 atom stereocenters. The first-order valence-corrected chi connectivity index (χ1v) is 7.66. The highest BCUT2D eigenvalue weighted by Gasteiger charge is 2.32. The molecule has 1 heterocycles. The molecule has 3 unspecified atom stereocenters. The minimum Gasteiger partial charge on any atom is -0.367 e. The number of aromatic nitrogens is 2. The van der Waals surface area contributed by atoms with Crippen molar-refractivity contribution in [3.63, 3.8) is 0 Å². The molecule has 1 fully saturated rings. The molecule has 0 spiro atoms. The molecule has 2 rings (SSSR count). The molecule has 5 nitrogen and oxygen atoms in total. The summed E-state index contributed by atoms with van der Waals surface area (Å²) >= 11 is 0. The number of anilines is 2. The number of nitrogens with zero attached hydrogens (tertiary/aromatic N) is 2. The second kappa shape index (κ2) is 6.39. The van der Waals surface area contributed by atoms with E-state index in [9.17, 15) is 0 Å². The van der Waals surface area contributed by atoms with Gasteiger partial charge in [-0.25, -0.2) is 15.8 Å². The smallest absolute Gasteiger partial charge is 0.148 e. The molecule has 0 saturated heterocycles. The van der Waals surface area contributed by atoms with E-state index in [1.807, 2.05) is 0 Å². The fourth-order valence-corrected chi connectivity index (χ4v) is 3.38. The summed E-state index contributed by atoms with van der Waals surface area (Å²) in [6.45, 7) is 8.90. The Morgan fingerprint density at radius 2 is 2.00 bits per heavy atom. The van der Waals surface area contributed by atoms with Crippen molar-refractivity contribution in [1.29, 1.82) is 0 Å². The SMILES string of the molecule is CCC1CCC(Nc2ncnc(NN)c2C(C)C)C1C. The van der Waals surface area contributed by atoms with Gasteiger partial charge in [0.1, 0.15) is 18.0 Å². The molecule has 20 heavy (non-hydrogen) atoms. The Kier molecular flexibility index (Phi) is 4.81. The average molecular weight is 277 g/mol. The minimum absolute atomic E-state index is 0.323. The lowest BCUT2D eigenvalue weighted by Gasteiger charge is -2.24. The zero-order valence-corrected chi connectivity index (χ0v) is 13.0. The lowest BCUT2D eigenvalue weighted by molar-refractivity contribution is 0.391. The molecule has 112 valence electrons. The molecule has 1 aromatic heterocycles. The fraction of sp³-hybridized carbons (Fsp3) is 0.733. The van der Waals surface area contributed by atoms with Gasteiger partial charge < -0.3 is 10.7 Å². The molecule has 1 aliphatic carbocycles. The molecule has 0 aromatic carbocycles. The Balaban J connectivity index is 2.21. The van der Waals surface area contributed by atoms with Crippen LogP contribution in [0.4, 0.5) is 11.6 Å². The molecular weight excluding hydrogens is 250 g/mol. The fourth-order valence-electron chi connectivity index (χ4n) is 3.38. The van der Waals surface area contributed by atoms with Crippen LogP contribution >= 0.6 is 0 Å². The maximum Gasteiger partial charge on any atom is 0.148 e. The Morgan fingerprint density at radius 1 is 1.30 bits per heavy atom. The van der Waals surface area contributed by atoms with Crippen LogP contribution in [-0.4, -0.2) is 16.0 Å². The third-order valence-electron chi connectivity index (χ3n) is 4.67. The van der Waals surface area contributed by atoms with Gasteiger partial charge in [-0.15, -0.1) is 0 Å². The monoisotopic (exact) mass is 277 g/mol. The Morgan fingerprint density at radius 3 is 2.55 bits per heavy atom. The zero-order valence-electron chi connectivity index (χ0n) is 13.0. The molecule has 0 radical (unpaired) electrons. The van der Waals surface area contributed by atoms with Crippen LogP contribution in [0.1, 0.15) is 58.4 Å². The second-order valence-corrected chi connectivity index (χ2v) is 6.14. The number of hydrogen-bond acceptors (Lipinski definition) is 5. The van der Waals surface area contributed by atoms with Crippen molar-refractivity contribution in [2.75, 3.05) is 10.7 Å². The molecule has 4 N–H and O–H groups in total. The van der Waals surface area contributed by atoms with E-state index in [4.69, 9.17) is 5.84 Å². The molecule has 0 amide bonds. The van der Waals surface area contributed by atoms with Crippen LogP contribution in [0.15, 0.2) is 6.33 Å². The van der Waals surface area contributed by atoms with E-state index >= 15 is 0 Å². The quantitative estimate of drug-likeness (QED) is 0.569. The normalized spacial score (nSPS) is 26.0. The number of nitrogen functional groups attached to an aromatic ring is 1. The van der Waals surface area contributed by atoms with E-state index in [2.05, 4.69) is 48.4 Å². The van der Waals surface area contributed by atoms with Crippen LogP contribution in [0.25, 0.3) is 0 Å². The molecule has 1 aromatic rings. The zero-order chi connectivity index (χ0) is 14.7. The molecule has 0 bridgehead atoms. The summed E-state index contributed by atoms with van der Waals surface area (Å²) in [5.74, 6) is 9.04. The predicted octanol–water partition coefficient (Wildman–Crippen LogP) is 3.12. The minimum atomic E-state index is 0.323. The first-order valence-electron chi connectivity index (χ1n) is 7.66. The van der Waals surface area contributed by atoms with E-state index in [0.29, 0.717) is 17.9 Å². The number of nitrogens with two attached hydrogens (primary N) is 1. The highest BCUT2D eigenvalue weighted by atomic mass is 15.3. The number of nitrogens with one attached hydrogen (secondary N) is 2. The van der Waals surface area contributed by atoms with E-state index in [1.165, 1.54) is 19.3 Å². The van der Waals surface area contributed by atoms with Crippen molar-refractivity contribution in [2.24, 2.45) is 17.7 Å². The van der Waals surface area contributed by atoms with Gasteiger partial charge in [-0.3, -0.25) is 0 Å². The molecule has 0 aliphatic heterocycles. The Hall–Kier alpha value is -1.36. The van der Waals surface area contributed by atoms with Gasteiger partial charge >= 0.3 is 0 Å². The van der Waals surface area contributed by atoms with E-state index in [0.717, 1.165) is 23.1 Å². The van der Waals surface area contributed by atoms with Crippen LogP contribution in [0.5, 0.6) is 0 Å². The lowest BCUT2D eigenvalue weighted by atomic mass is 9.93. The highest BCUT2D eigenvalue weighted by molar-refractivity contribution is 5.58. The largest absolute Gasteiger partial charge is 0.367 e. The van der Waals surface area contributed by atoms with Gasteiger partial charge in [-0.2, -0.15) is 0 Å². The van der Waals surface area contributed by atoms with Gasteiger partial charge in [-0.1, -0.05) is 34.1 Å². The van der Waals surface area contributed by atoms with E-state index in [1.54, 1.807) is 6.33 Å². The van der Waals surface area contributed by atoms with Crippen LogP contribution in [0.3, 0.4) is 0 Å². The molecule has 5 heteroatoms. The summed E-state index contributed by atoms with van der Waals surface area (Å²) in [5, 5.41) is 3.63. The summed E-state index contributed by atoms with van der Waals surface area (Å²) in [4.78, 5) is 8.66. The van der Waals surface area contributed by atoms with Crippen molar-refractivity contribution in [3.05, 3.63) is 11.9 Å². The maximum atomic E-state index is 5.57. The predicted molar refractivity (Wildman–Crippen MR) is 83.5 cm³/mol. The standard InChI is InChI=1S/C15H27N5/c1-5-11-6-7-12(10(11)4)19-14-13(9(2)3)15(20-16)18-8-17-14/h8-12H,5-7,16H2,1-4H3,(H2,17,18,19,20). The first-order chi connectivity index (χ1) is 9.58. The van der Waals surface area contributed by atoms with Gasteiger partial charge in [0.2, 0.25) is 0 Å². The van der Waals surface area contributed by atoms with Gasteiger partial charge in [0.25, 0.3) is 0 Å². The van der Waals surface area contributed by atoms with Crippen LogP contribution in [0.2, 0.25) is 0 Å². The Labute approximate surface area is 121 Å². The highest BCUT2D eigenvalue weighted by Crippen LogP contribution is 2.37. The lowest BCUT2D eigenvalue weighted by Crippen LogP contribution is -2.26. The summed E-state index contributed by atoms with van der Waals surface area (Å²) in [6.07, 6.45) is 5.35. The summed E-state index contributed by atoms with van der Waals surface area (Å²) in [7, 11) is 0. The second-order valence-electron chi connectivity index (χ2n) is 6.14. The summed E-state index contributed by atoms with van der Waals surface area (Å²) in [5.41, 5.74) is 3.75. The van der Waals surface area contributed by atoms with Crippen molar-refractivity contribution in [3.8, 4) is 0 Å². The third kappa shape index (κ3) is 2.87. The van der Waals surface area contributed by atoms with Gasteiger partial charge in [0.15, 0.2) is 0 Å². The number of hydrazine groups is 1. The third-order valence-corrected chi connectivity index (χ3v) is 4.67.